The van der Waals surface area contributed by atoms with Gasteiger partial charge in [0.15, 0.2) is 0 Å². The first-order chi connectivity index (χ1) is 10.6. The number of carbonyl (C=O) groups excluding carboxylic acids is 1. The van der Waals surface area contributed by atoms with Crippen molar-refractivity contribution in [3.63, 3.8) is 0 Å². The Balaban J connectivity index is 0.00000264. The Hall–Kier alpha value is -1.27. The Morgan fingerprint density at radius 1 is 1.21 bits per heavy atom. The summed E-state index contributed by atoms with van der Waals surface area (Å²) in [5.74, 6) is 0.845. The highest BCUT2D eigenvalue weighted by Gasteiger charge is 2.16. The minimum Gasteiger partial charge on any atom is -0.325 e. The number of nitrogens with two attached hydrogens (primary N) is 1. The highest BCUT2D eigenvalue weighted by molar-refractivity contribution is 7.98. The molecule has 7 heteroatoms. The summed E-state index contributed by atoms with van der Waals surface area (Å²) in [4.78, 5) is 17.2. The van der Waals surface area contributed by atoms with E-state index >= 15 is 0 Å². The van der Waals surface area contributed by atoms with E-state index in [1.807, 2.05) is 50.4 Å². The summed E-state index contributed by atoms with van der Waals surface area (Å²) < 4.78 is 0. The van der Waals surface area contributed by atoms with Crippen LogP contribution in [0.4, 0.5) is 5.69 Å². The molecule has 2 aromatic rings. The quantitative estimate of drug-likeness (QED) is 0.730. The van der Waals surface area contributed by atoms with Gasteiger partial charge < -0.3 is 11.1 Å². The molecule has 2 rings (SSSR count). The predicted molar refractivity (Wildman–Crippen MR) is 106 cm³/mol. The van der Waals surface area contributed by atoms with Gasteiger partial charge in [-0.05, 0) is 41.8 Å². The summed E-state index contributed by atoms with van der Waals surface area (Å²) in [5.41, 5.74) is 7.79. The fourth-order valence-corrected chi connectivity index (χ4v) is 2.65. The Kier molecular flexibility index (Phi) is 10.7. The van der Waals surface area contributed by atoms with Crippen LogP contribution >= 0.6 is 36.6 Å². The monoisotopic (exact) mass is 387 g/mol. The van der Waals surface area contributed by atoms with Gasteiger partial charge in [-0.15, -0.1) is 36.6 Å². The van der Waals surface area contributed by atoms with Crippen molar-refractivity contribution in [1.82, 2.24) is 4.98 Å². The maximum absolute atomic E-state index is 11.9. The molecule has 0 saturated carbocycles. The summed E-state index contributed by atoms with van der Waals surface area (Å²) in [6.07, 6.45) is 3.64. The number of nitrogens with one attached hydrogen (secondary N) is 1. The van der Waals surface area contributed by atoms with Crippen LogP contribution in [0.5, 0.6) is 0 Å². The summed E-state index contributed by atoms with van der Waals surface area (Å²) >= 11 is 1.73. The second-order valence-electron chi connectivity index (χ2n) is 5.43. The van der Waals surface area contributed by atoms with Crippen molar-refractivity contribution in [2.24, 2.45) is 11.7 Å². The number of rotatable bonds is 6. The first-order valence-electron chi connectivity index (χ1n) is 7.24. The molecule has 3 N–H and O–H groups in total. The van der Waals surface area contributed by atoms with Crippen LogP contribution in [0.2, 0.25) is 0 Å². The van der Waals surface area contributed by atoms with Crippen molar-refractivity contribution in [2.75, 3.05) is 5.32 Å². The SMILES string of the molecule is CC(C)[C@@H](N)C(=O)Nc1ccc(SCc2cccnc2)cc1.Cl.Cl. The van der Waals surface area contributed by atoms with Crippen LogP contribution in [0.25, 0.3) is 0 Å². The maximum Gasteiger partial charge on any atom is 0.241 e. The van der Waals surface area contributed by atoms with E-state index in [4.69, 9.17) is 5.73 Å². The number of benzene rings is 1. The Morgan fingerprint density at radius 2 is 1.88 bits per heavy atom. The van der Waals surface area contributed by atoms with E-state index in [0.29, 0.717) is 0 Å². The molecule has 0 spiro atoms. The molecule has 0 aliphatic carbocycles. The Morgan fingerprint density at radius 3 is 2.42 bits per heavy atom. The van der Waals surface area contributed by atoms with E-state index < -0.39 is 6.04 Å². The summed E-state index contributed by atoms with van der Waals surface area (Å²) in [6, 6.07) is 11.3. The molecule has 0 radical (unpaired) electrons. The van der Waals surface area contributed by atoms with Gasteiger partial charge >= 0.3 is 0 Å². The van der Waals surface area contributed by atoms with Gasteiger partial charge in [-0.25, -0.2) is 0 Å². The lowest BCUT2D eigenvalue weighted by Gasteiger charge is -2.15. The zero-order valence-corrected chi connectivity index (χ0v) is 16.1. The molecule has 1 heterocycles. The second kappa shape index (κ2) is 11.3. The lowest BCUT2D eigenvalue weighted by Crippen LogP contribution is -2.39. The fraction of sp³-hybridized carbons (Fsp3) is 0.294. The lowest BCUT2D eigenvalue weighted by atomic mass is 10.1. The standard InChI is InChI=1S/C17H21N3OS.2ClH/c1-12(2)16(18)17(21)20-14-5-7-15(8-6-14)22-11-13-4-3-9-19-10-13;;/h3-10,12,16H,11,18H2,1-2H3,(H,20,21);2*1H/t16-;;/m1../s1. The number of aromatic nitrogens is 1. The zero-order chi connectivity index (χ0) is 15.9. The van der Waals surface area contributed by atoms with Crippen LogP contribution in [0.3, 0.4) is 0 Å². The molecular formula is C17H23Cl2N3OS. The molecule has 0 fully saturated rings. The number of hydrogen-bond acceptors (Lipinski definition) is 4. The smallest absolute Gasteiger partial charge is 0.241 e. The van der Waals surface area contributed by atoms with Crippen LogP contribution in [0, 0.1) is 5.92 Å². The van der Waals surface area contributed by atoms with Crippen molar-refractivity contribution in [2.45, 2.75) is 30.5 Å². The second-order valence-corrected chi connectivity index (χ2v) is 6.48. The molecule has 0 saturated heterocycles. The number of halogens is 2. The first kappa shape index (κ1) is 22.7. The topological polar surface area (TPSA) is 68.0 Å². The molecule has 0 aliphatic heterocycles. The Bertz CT molecular complexity index is 609. The van der Waals surface area contributed by atoms with Crippen LogP contribution in [-0.4, -0.2) is 16.9 Å². The molecule has 1 aromatic carbocycles. The predicted octanol–water partition coefficient (Wildman–Crippen LogP) is 4.14. The fourth-order valence-electron chi connectivity index (χ4n) is 1.81. The molecule has 1 amide bonds. The summed E-state index contributed by atoms with van der Waals surface area (Å²) in [6.45, 7) is 3.87. The van der Waals surface area contributed by atoms with Crippen LogP contribution in [-0.2, 0) is 10.5 Å². The molecule has 1 aromatic heterocycles. The zero-order valence-electron chi connectivity index (χ0n) is 13.6. The number of carbonyl (C=O) groups is 1. The van der Waals surface area contributed by atoms with Gasteiger partial charge in [-0.2, -0.15) is 0 Å². The van der Waals surface area contributed by atoms with Gasteiger partial charge in [0.05, 0.1) is 6.04 Å². The van der Waals surface area contributed by atoms with Crippen molar-refractivity contribution in [3.05, 3.63) is 54.4 Å². The van der Waals surface area contributed by atoms with Gasteiger partial charge in [0.1, 0.15) is 0 Å². The van der Waals surface area contributed by atoms with E-state index in [0.717, 1.165) is 16.3 Å². The summed E-state index contributed by atoms with van der Waals surface area (Å²) in [7, 11) is 0. The van der Waals surface area contributed by atoms with Crippen molar-refractivity contribution in [1.29, 1.82) is 0 Å². The molecular weight excluding hydrogens is 365 g/mol. The molecule has 132 valence electrons. The van der Waals surface area contributed by atoms with Crippen LogP contribution < -0.4 is 11.1 Å². The van der Waals surface area contributed by atoms with E-state index in [2.05, 4.69) is 16.4 Å². The molecule has 0 unspecified atom stereocenters. The number of anilines is 1. The van der Waals surface area contributed by atoms with Gasteiger partial charge in [0, 0.05) is 28.7 Å². The third kappa shape index (κ3) is 7.09. The average Bonchev–Trinajstić information content (AvgIpc) is 2.54. The normalized spacial score (nSPS) is 11.2. The minimum absolute atomic E-state index is 0. The number of pyridine rings is 1. The summed E-state index contributed by atoms with van der Waals surface area (Å²) in [5, 5.41) is 2.84. The van der Waals surface area contributed by atoms with E-state index in [1.165, 1.54) is 5.56 Å². The van der Waals surface area contributed by atoms with Gasteiger partial charge in [0.2, 0.25) is 5.91 Å². The molecule has 1 atom stereocenters. The Labute approximate surface area is 159 Å². The largest absolute Gasteiger partial charge is 0.325 e. The third-order valence-electron chi connectivity index (χ3n) is 3.27. The highest BCUT2D eigenvalue weighted by atomic mass is 35.5. The van der Waals surface area contributed by atoms with Crippen molar-refractivity contribution >= 4 is 48.2 Å². The number of amides is 1. The average molecular weight is 388 g/mol. The van der Waals surface area contributed by atoms with Gasteiger partial charge in [-0.1, -0.05) is 19.9 Å². The molecule has 24 heavy (non-hydrogen) atoms. The first-order valence-corrected chi connectivity index (χ1v) is 8.23. The number of nitrogens with zero attached hydrogens (tertiary/aromatic N) is 1. The van der Waals surface area contributed by atoms with E-state index in [1.54, 1.807) is 18.0 Å². The minimum atomic E-state index is -0.486. The van der Waals surface area contributed by atoms with Crippen LogP contribution in [0.15, 0.2) is 53.7 Å². The van der Waals surface area contributed by atoms with E-state index in [9.17, 15) is 4.79 Å². The number of hydrogen-bond donors (Lipinski definition) is 2. The molecule has 4 nitrogen and oxygen atoms in total. The van der Waals surface area contributed by atoms with E-state index in [-0.39, 0.29) is 36.6 Å². The van der Waals surface area contributed by atoms with Gasteiger partial charge in [-0.3, -0.25) is 9.78 Å². The lowest BCUT2D eigenvalue weighted by molar-refractivity contribution is -0.118. The third-order valence-corrected chi connectivity index (χ3v) is 4.35. The van der Waals surface area contributed by atoms with Gasteiger partial charge in [0.25, 0.3) is 0 Å². The van der Waals surface area contributed by atoms with Crippen molar-refractivity contribution in [3.8, 4) is 0 Å². The maximum atomic E-state index is 11.9. The highest BCUT2D eigenvalue weighted by Crippen LogP contribution is 2.24. The number of thioether (sulfide) groups is 1. The molecule has 0 bridgehead atoms. The van der Waals surface area contributed by atoms with Crippen LogP contribution in [0.1, 0.15) is 19.4 Å². The van der Waals surface area contributed by atoms with Crippen molar-refractivity contribution < 1.29 is 4.79 Å². The molecule has 0 aliphatic rings.